The van der Waals surface area contributed by atoms with Gasteiger partial charge in [0.05, 0.1) is 0 Å². The molecule has 0 spiro atoms. The maximum atomic E-state index is 11.9. The Balaban J connectivity index is 2.06. The number of nitrogens with one attached hydrogen (secondary N) is 1. The average Bonchev–Trinajstić information content (AvgIpc) is 3.00. The van der Waals surface area contributed by atoms with E-state index < -0.39 is 0 Å². The Hall–Kier alpha value is -1.69. The molecular formula is C13H17N3O2S. The highest BCUT2D eigenvalue weighted by Crippen LogP contribution is 2.28. The van der Waals surface area contributed by atoms with Crippen molar-refractivity contribution in [2.45, 2.75) is 39.5 Å². The van der Waals surface area contributed by atoms with Gasteiger partial charge >= 0.3 is 0 Å². The summed E-state index contributed by atoms with van der Waals surface area (Å²) in [5.41, 5.74) is 0. The topological polar surface area (TPSA) is 68.0 Å². The van der Waals surface area contributed by atoms with Gasteiger partial charge in [-0.1, -0.05) is 25.2 Å². The SMILES string of the molecule is CCC(CC)c1nnc(NC(=O)c2ccc(C)o2)s1. The lowest BCUT2D eigenvalue weighted by Crippen LogP contribution is -2.10. The molecule has 0 fully saturated rings. The second kappa shape index (κ2) is 5.97. The molecule has 1 N–H and O–H groups in total. The fourth-order valence-electron chi connectivity index (χ4n) is 1.80. The summed E-state index contributed by atoms with van der Waals surface area (Å²) < 4.78 is 5.26. The molecule has 19 heavy (non-hydrogen) atoms. The number of aryl methyl sites for hydroxylation is 1. The van der Waals surface area contributed by atoms with Crippen molar-refractivity contribution >= 4 is 22.4 Å². The lowest BCUT2D eigenvalue weighted by Gasteiger charge is -2.05. The fraction of sp³-hybridized carbons (Fsp3) is 0.462. The quantitative estimate of drug-likeness (QED) is 0.908. The first-order valence-corrected chi connectivity index (χ1v) is 7.16. The van der Waals surface area contributed by atoms with Crippen molar-refractivity contribution in [1.29, 1.82) is 0 Å². The van der Waals surface area contributed by atoms with E-state index in [-0.39, 0.29) is 11.7 Å². The highest BCUT2D eigenvalue weighted by atomic mass is 32.1. The molecule has 2 aromatic heterocycles. The number of aromatic nitrogens is 2. The van der Waals surface area contributed by atoms with Crippen LogP contribution in [0, 0.1) is 6.92 Å². The van der Waals surface area contributed by atoms with Crippen molar-refractivity contribution in [2.75, 3.05) is 5.32 Å². The zero-order valence-corrected chi connectivity index (χ0v) is 12.1. The van der Waals surface area contributed by atoms with E-state index in [1.54, 1.807) is 19.1 Å². The molecule has 0 aliphatic heterocycles. The standard InChI is InChI=1S/C13H17N3O2S/c1-4-9(5-2)12-15-16-13(19-12)14-11(17)10-7-6-8(3)18-10/h6-7,9H,4-5H2,1-3H3,(H,14,16,17). The highest BCUT2D eigenvalue weighted by Gasteiger charge is 2.16. The molecule has 102 valence electrons. The summed E-state index contributed by atoms with van der Waals surface area (Å²) in [4.78, 5) is 11.9. The Morgan fingerprint density at radius 2 is 2.11 bits per heavy atom. The molecule has 0 unspecified atom stereocenters. The van der Waals surface area contributed by atoms with Crippen LogP contribution in [-0.4, -0.2) is 16.1 Å². The van der Waals surface area contributed by atoms with Crippen LogP contribution in [0.5, 0.6) is 0 Å². The number of nitrogens with zero attached hydrogens (tertiary/aromatic N) is 2. The Bertz CT molecular complexity index is 558. The maximum Gasteiger partial charge on any atom is 0.293 e. The van der Waals surface area contributed by atoms with Crippen LogP contribution in [0.1, 0.15) is 53.9 Å². The molecule has 1 amide bonds. The minimum Gasteiger partial charge on any atom is -0.456 e. The van der Waals surface area contributed by atoms with E-state index in [2.05, 4.69) is 29.4 Å². The van der Waals surface area contributed by atoms with Gasteiger partial charge in [0, 0.05) is 5.92 Å². The van der Waals surface area contributed by atoms with Crippen LogP contribution in [0.3, 0.4) is 0 Å². The van der Waals surface area contributed by atoms with Gasteiger partial charge in [-0.25, -0.2) is 0 Å². The van der Waals surface area contributed by atoms with Crippen molar-refractivity contribution < 1.29 is 9.21 Å². The van der Waals surface area contributed by atoms with Gasteiger partial charge in [-0.3, -0.25) is 10.1 Å². The van der Waals surface area contributed by atoms with E-state index in [1.165, 1.54) is 11.3 Å². The molecule has 0 aliphatic carbocycles. The molecule has 2 rings (SSSR count). The van der Waals surface area contributed by atoms with Gasteiger partial charge < -0.3 is 4.42 Å². The lowest BCUT2D eigenvalue weighted by atomic mass is 10.1. The third kappa shape index (κ3) is 3.20. The van der Waals surface area contributed by atoms with E-state index in [4.69, 9.17) is 4.42 Å². The molecule has 0 saturated heterocycles. The van der Waals surface area contributed by atoms with E-state index >= 15 is 0 Å². The molecule has 6 heteroatoms. The molecule has 0 saturated carbocycles. The van der Waals surface area contributed by atoms with Crippen LogP contribution in [0.4, 0.5) is 5.13 Å². The maximum absolute atomic E-state index is 11.9. The van der Waals surface area contributed by atoms with Gasteiger partial charge in [0.1, 0.15) is 10.8 Å². The second-order valence-corrected chi connectivity index (χ2v) is 5.33. The van der Waals surface area contributed by atoms with E-state index in [1.807, 2.05) is 0 Å². The number of carbonyl (C=O) groups excluding carboxylic acids is 1. The predicted molar refractivity (Wildman–Crippen MR) is 74.6 cm³/mol. The predicted octanol–water partition coefficient (Wildman–Crippen LogP) is 3.60. The minimum atomic E-state index is -0.291. The van der Waals surface area contributed by atoms with Crippen molar-refractivity contribution in [3.8, 4) is 0 Å². The molecule has 0 aromatic carbocycles. The normalized spacial score (nSPS) is 10.9. The average molecular weight is 279 g/mol. The highest BCUT2D eigenvalue weighted by molar-refractivity contribution is 7.15. The minimum absolute atomic E-state index is 0.289. The number of rotatable bonds is 5. The van der Waals surface area contributed by atoms with Gasteiger partial charge in [0.15, 0.2) is 5.76 Å². The van der Waals surface area contributed by atoms with Crippen molar-refractivity contribution in [2.24, 2.45) is 0 Å². The molecule has 2 aromatic rings. The summed E-state index contributed by atoms with van der Waals surface area (Å²) in [6.45, 7) is 6.05. The number of hydrogen-bond donors (Lipinski definition) is 1. The molecule has 0 atom stereocenters. The van der Waals surface area contributed by atoms with Crippen LogP contribution in [-0.2, 0) is 0 Å². The van der Waals surface area contributed by atoms with Crippen LogP contribution in [0.2, 0.25) is 0 Å². The summed E-state index contributed by atoms with van der Waals surface area (Å²) in [5, 5.41) is 12.3. The van der Waals surface area contributed by atoms with E-state index in [0.29, 0.717) is 16.8 Å². The Morgan fingerprint density at radius 3 is 2.68 bits per heavy atom. The fourth-order valence-corrected chi connectivity index (χ4v) is 2.81. The molecule has 0 bridgehead atoms. The van der Waals surface area contributed by atoms with Crippen LogP contribution in [0.15, 0.2) is 16.5 Å². The van der Waals surface area contributed by atoms with E-state index in [9.17, 15) is 4.79 Å². The summed E-state index contributed by atoms with van der Waals surface area (Å²) in [7, 11) is 0. The van der Waals surface area contributed by atoms with Crippen LogP contribution >= 0.6 is 11.3 Å². The largest absolute Gasteiger partial charge is 0.456 e. The zero-order chi connectivity index (χ0) is 13.8. The summed E-state index contributed by atoms with van der Waals surface area (Å²) in [6.07, 6.45) is 2.05. The monoisotopic (exact) mass is 279 g/mol. The van der Waals surface area contributed by atoms with Gasteiger partial charge in [0.25, 0.3) is 5.91 Å². The molecule has 0 radical (unpaired) electrons. The van der Waals surface area contributed by atoms with Gasteiger partial charge in [-0.15, -0.1) is 10.2 Å². The second-order valence-electron chi connectivity index (χ2n) is 4.32. The van der Waals surface area contributed by atoms with Crippen molar-refractivity contribution in [3.05, 3.63) is 28.7 Å². The third-order valence-corrected chi connectivity index (χ3v) is 3.96. The van der Waals surface area contributed by atoms with Crippen LogP contribution in [0.25, 0.3) is 0 Å². The summed E-state index contributed by atoms with van der Waals surface area (Å²) in [6, 6.07) is 3.40. The molecule has 2 heterocycles. The van der Waals surface area contributed by atoms with E-state index in [0.717, 1.165) is 17.8 Å². The summed E-state index contributed by atoms with van der Waals surface area (Å²) >= 11 is 1.42. The molecule has 5 nitrogen and oxygen atoms in total. The molecular weight excluding hydrogens is 262 g/mol. The zero-order valence-electron chi connectivity index (χ0n) is 11.3. The lowest BCUT2D eigenvalue weighted by molar-refractivity contribution is 0.0995. The van der Waals surface area contributed by atoms with Crippen LogP contribution < -0.4 is 5.32 Å². The first-order valence-electron chi connectivity index (χ1n) is 6.35. The van der Waals surface area contributed by atoms with Crippen molar-refractivity contribution in [3.63, 3.8) is 0 Å². The Morgan fingerprint density at radius 1 is 1.37 bits per heavy atom. The number of hydrogen-bond acceptors (Lipinski definition) is 5. The Kier molecular flexibility index (Phi) is 4.31. The Labute approximate surface area is 116 Å². The smallest absolute Gasteiger partial charge is 0.293 e. The van der Waals surface area contributed by atoms with Gasteiger partial charge in [0.2, 0.25) is 5.13 Å². The molecule has 0 aliphatic rings. The van der Waals surface area contributed by atoms with Crippen molar-refractivity contribution in [1.82, 2.24) is 10.2 Å². The number of anilines is 1. The third-order valence-electron chi connectivity index (χ3n) is 2.96. The number of furan rings is 1. The van der Waals surface area contributed by atoms with Gasteiger partial charge in [-0.05, 0) is 31.9 Å². The summed E-state index contributed by atoms with van der Waals surface area (Å²) in [5.74, 6) is 1.12. The van der Waals surface area contributed by atoms with Gasteiger partial charge in [-0.2, -0.15) is 0 Å². The first-order chi connectivity index (χ1) is 9.13. The number of carbonyl (C=O) groups is 1. The first kappa shape index (κ1) is 13.7. The number of amides is 1.